The lowest BCUT2D eigenvalue weighted by atomic mass is 10.3. The van der Waals surface area contributed by atoms with Crippen LogP contribution in [0.5, 0.6) is 0 Å². The molecule has 1 aromatic rings. The Morgan fingerprint density at radius 1 is 1.47 bits per heavy atom. The lowest BCUT2D eigenvalue weighted by Crippen LogP contribution is -2.06. The van der Waals surface area contributed by atoms with Crippen LogP contribution in [0.15, 0.2) is 16.7 Å². The van der Waals surface area contributed by atoms with Crippen LogP contribution in [0.1, 0.15) is 17.7 Å². The highest BCUT2D eigenvalue weighted by atomic mass is 32.2. The van der Waals surface area contributed by atoms with Crippen LogP contribution < -0.4 is 5.73 Å². The summed E-state index contributed by atoms with van der Waals surface area (Å²) in [5.74, 6) is 3.01. The maximum Gasteiger partial charge on any atom is 0.116 e. The Morgan fingerprint density at radius 3 is 3.00 bits per heavy atom. The molecule has 3 nitrogen and oxygen atoms in total. The first kappa shape index (κ1) is 12.6. The quantitative estimate of drug-likeness (QED) is 0.694. The van der Waals surface area contributed by atoms with Gasteiger partial charge in [0.1, 0.15) is 5.76 Å². The van der Waals surface area contributed by atoms with Crippen molar-refractivity contribution in [1.29, 1.82) is 0 Å². The molecule has 0 aliphatic rings. The summed E-state index contributed by atoms with van der Waals surface area (Å²) >= 11 is 1.83. The number of hydrogen-bond acceptors (Lipinski definition) is 4. The number of hydrogen-bond donors (Lipinski definition) is 1. The molecule has 0 atom stereocenters. The van der Waals surface area contributed by atoms with E-state index in [4.69, 9.17) is 14.9 Å². The number of ether oxygens (including phenoxy) is 1. The van der Waals surface area contributed by atoms with Crippen molar-refractivity contribution in [3.05, 3.63) is 23.7 Å². The second kappa shape index (κ2) is 7.79. The summed E-state index contributed by atoms with van der Waals surface area (Å²) in [5.41, 5.74) is 6.58. The predicted octanol–water partition coefficient (Wildman–Crippen LogP) is 2.19. The predicted molar refractivity (Wildman–Crippen MR) is 64.1 cm³/mol. The first-order valence-corrected chi connectivity index (χ1v) is 6.38. The molecule has 0 aliphatic carbocycles. The van der Waals surface area contributed by atoms with Crippen molar-refractivity contribution in [2.45, 2.75) is 19.1 Å². The maximum atomic E-state index is 5.39. The minimum atomic E-state index is 0.707. The van der Waals surface area contributed by atoms with Crippen LogP contribution in [0, 0.1) is 6.92 Å². The van der Waals surface area contributed by atoms with E-state index in [0.717, 1.165) is 36.9 Å². The molecule has 15 heavy (non-hydrogen) atoms. The molecule has 0 spiro atoms. The second-order valence-corrected chi connectivity index (χ2v) is 4.44. The summed E-state index contributed by atoms with van der Waals surface area (Å²) < 4.78 is 10.7. The molecule has 0 unspecified atom stereocenters. The van der Waals surface area contributed by atoms with E-state index in [9.17, 15) is 0 Å². The van der Waals surface area contributed by atoms with Gasteiger partial charge in [0.25, 0.3) is 0 Å². The fraction of sp³-hybridized carbons (Fsp3) is 0.636. The number of aryl methyl sites for hydroxylation is 1. The van der Waals surface area contributed by atoms with Crippen LogP contribution >= 0.6 is 11.8 Å². The lowest BCUT2D eigenvalue weighted by Gasteiger charge is -2.02. The van der Waals surface area contributed by atoms with Crippen LogP contribution in [0.2, 0.25) is 0 Å². The van der Waals surface area contributed by atoms with Crippen LogP contribution in [0.4, 0.5) is 0 Å². The summed E-state index contributed by atoms with van der Waals surface area (Å²) in [4.78, 5) is 0. The standard InChI is InChI=1S/C11H19NO2S/c1-10-3-6-14-11(10)9-15-8-7-13-5-2-4-12/h3,6H,2,4-5,7-9,12H2,1H3. The van der Waals surface area contributed by atoms with Crippen molar-refractivity contribution < 1.29 is 9.15 Å². The smallest absolute Gasteiger partial charge is 0.116 e. The Balaban J connectivity index is 1.96. The maximum absolute atomic E-state index is 5.39. The first-order valence-electron chi connectivity index (χ1n) is 5.23. The van der Waals surface area contributed by atoms with Crippen molar-refractivity contribution in [2.75, 3.05) is 25.5 Å². The topological polar surface area (TPSA) is 48.4 Å². The van der Waals surface area contributed by atoms with E-state index in [2.05, 4.69) is 6.92 Å². The van der Waals surface area contributed by atoms with E-state index in [1.165, 1.54) is 5.56 Å². The van der Waals surface area contributed by atoms with Crippen LogP contribution in [0.3, 0.4) is 0 Å². The summed E-state index contributed by atoms with van der Waals surface area (Å²) in [6, 6.07) is 1.99. The van der Waals surface area contributed by atoms with E-state index < -0.39 is 0 Å². The number of nitrogens with two attached hydrogens (primary N) is 1. The Morgan fingerprint density at radius 2 is 2.33 bits per heavy atom. The molecule has 2 N–H and O–H groups in total. The normalized spacial score (nSPS) is 10.8. The first-order chi connectivity index (χ1) is 7.34. The molecule has 1 rings (SSSR count). The molecular formula is C11H19NO2S. The van der Waals surface area contributed by atoms with Crippen molar-refractivity contribution >= 4 is 11.8 Å². The van der Waals surface area contributed by atoms with Gasteiger partial charge in [0.15, 0.2) is 0 Å². The number of rotatable bonds is 8. The second-order valence-electron chi connectivity index (χ2n) is 3.33. The van der Waals surface area contributed by atoms with Gasteiger partial charge in [-0.3, -0.25) is 0 Å². The lowest BCUT2D eigenvalue weighted by molar-refractivity contribution is 0.149. The average Bonchev–Trinajstić information content (AvgIpc) is 2.63. The van der Waals surface area contributed by atoms with Gasteiger partial charge in [0.2, 0.25) is 0 Å². The summed E-state index contributed by atoms with van der Waals surface area (Å²) in [7, 11) is 0. The molecule has 0 saturated heterocycles. The van der Waals surface area contributed by atoms with E-state index in [1.807, 2.05) is 17.8 Å². The van der Waals surface area contributed by atoms with E-state index in [1.54, 1.807) is 6.26 Å². The van der Waals surface area contributed by atoms with Crippen molar-refractivity contribution in [3.63, 3.8) is 0 Å². The van der Waals surface area contributed by atoms with Crippen LogP contribution in [0.25, 0.3) is 0 Å². The SMILES string of the molecule is Cc1ccoc1CSCCOCCCN. The van der Waals surface area contributed by atoms with Gasteiger partial charge >= 0.3 is 0 Å². The molecule has 0 aliphatic heterocycles. The summed E-state index contributed by atoms with van der Waals surface area (Å²) in [6.45, 7) is 4.34. The summed E-state index contributed by atoms with van der Waals surface area (Å²) in [5, 5.41) is 0. The van der Waals surface area contributed by atoms with E-state index in [0.29, 0.717) is 6.54 Å². The fourth-order valence-electron chi connectivity index (χ4n) is 1.12. The van der Waals surface area contributed by atoms with Crippen molar-refractivity contribution in [2.24, 2.45) is 5.73 Å². The molecule has 0 amide bonds. The van der Waals surface area contributed by atoms with Crippen LogP contribution in [-0.4, -0.2) is 25.5 Å². The highest BCUT2D eigenvalue weighted by Crippen LogP contribution is 2.16. The van der Waals surface area contributed by atoms with Gasteiger partial charge in [0, 0.05) is 12.4 Å². The minimum absolute atomic E-state index is 0.707. The molecule has 0 bridgehead atoms. The van der Waals surface area contributed by atoms with Gasteiger partial charge in [0.05, 0.1) is 18.6 Å². The van der Waals surface area contributed by atoms with E-state index in [-0.39, 0.29) is 0 Å². The Bertz CT molecular complexity index is 263. The molecule has 0 aromatic carbocycles. The zero-order valence-electron chi connectivity index (χ0n) is 9.20. The molecule has 4 heteroatoms. The molecule has 0 fully saturated rings. The molecule has 0 saturated carbocycles. The molecule has 86 valence electrons. The fourth-order valence-corrected chi connectivity index (χ4v) is 1.98. The molecule has 1 heterocycles. The van der Waals surface area contributed by atoms with Crippen molar-refractivity contribution in [1.82, 2.24) is 0 Å². The third-order valence-corrected chi connectivity index (χ3v) is 2.99. The highest BCUT2D eigenvalue weighted by molar-refractivity contribution is 7.98. The summed E-state index contributed by atoms with van der Waals surface area (Å²) in [6.07, 6.45) is 2.69. The van der Waals surface area contributed by atoms with Crippen LogP contribution in [-0.2, 0) is 10.5 Å². The average molecular weight is 229 g/mol. The monoisotopic (exact) mass is 229 g/mol. The Kier molecular flexibility index (Phi) is 6.55. The highest BCUT2D eigenvalue weighted by Gasteiger charge is 2.00. The van der Waals surface area contributed by atoms with Gasteiger partial charge in [-0.1, -0.05) is 0 Å². The third-order valence-electron chi connectivity index (χ3n) is 2.07. The van der Waals surface area contributed by atoms with Gasteiger partial charge in [-0.25, -0.2) is 0 Å². The zero-order chi connectivity index (χ0) is 10.9. The Hall–Kier alpha value is -0.450. The Labute approximate surface area is 95.4 Å². The van der Waals surface area contributed by atoms with Gasteiger partial charge in [-0.2, -0.15) is 11.8 Å². The zero-order valence-corrected chi connectivity index (χ0v) is 10.0. The molecular weight excluding hydrogens is 210 g/mol. The van der Waals surface area contributed by atoms with Gasteiger partial charge < -0.3 is 14.9 Å². The van der Waals surface area contributed by atoms with Gasteiger partial charge in [-0.15, -0.1) is 0 Å². The largest absolute Gasteiger partial charge is 0.468 e. The third kappa shape index (κ3) is 5.25. The minimum Gasteiger partial charge on any atom is -0.468 e. The molecule has 0 radical (unpaired) electrons. The molecule has 1 aromatic heterocycles. The number of thioether (sulfide) groups is 1. The van der Waals surface area contributed by atoms with E-state index >= 15 is 0 Å². The van der Waals surface area contributed by atoms with Crippen molar-refractivity contribution in [3.8, 4) is 0 Å². The van der Waals surface area contributed by atoms with Gasteiger partial charge in [-0.05, 0) is 31.5 Å². The number of furan rings is 1.